The Labute approximate surface area is 140 Å². The summed E-state index contributed by atoms with van der Waals surface area (Å²) in [6.45, 7) is 3.66. The maximum Gasteiger partial charge on any atom is 0.414 e. The Morgan fingerprint density at radius 3 is 3.04 bits per heavy atom. The number of benzene rings is 1. The topological polar surface area (TPSA) is 80.5 Å². The van der Waals surface area contributed by atoms with Gasteiger partial charge in [-0.2, -0.15) is 4.98 Å². The summed E-state index contributed by atoms with van der Waals surface area (Å²) in [4.78, 5) is 17.8. The molecule has 0 spiro atoms. The first-order chi connectivity index (χ1) is 11.7. The van der Waals surface area contributed by atoms with Gasteiger partial charge in [-0.1, -0.05) is 17.3 Å². The summed E-state index contributed by atoms with van der Waals surface area (Å²) in [5.41, 5.74) is 1.96. The van der Waals surface area contributed by atoms with Gasteiger partial charge >= 0.3 is 6.09 Å². The first kappa shape index (κ1) is 15.1. The van der Waals surface area contributed by atoms with E-state index in [2.05, 4.69) is 22.4 Å². The third kappa shape index (κ3) is 3.12. The Hall–Kier alpha value is -2.41. The predicted molar refractivity (Wildman–Crippen MR) is 86.7 cm³/mol. The molecule has 1 saturated carbocycles. The average Bonchev–Trinajstić information content (AvgIpc) is 3.19. The van der Waals surface area contributed by atoms with Gasteiger partial charge in [0, 0.05) is 17.6 Å². The molecule has 2 aromatic rings. The highest BCUT2D eigenvalue weighted by atomic mass is 16.6. The summed E-state index contributed by atoms with van der Waals surface area (Å²) in [5.74, 6) is 1.91. The summed E-state index contributed by atoms with van der Waals surface area (Å²) in [6, 6.07) is 8.02. The predicted octanol–water partition coefficient (Wildman–Crippen LogP) is 2.75. The van der Waals surface area contributed by atoms with Crippen molar-refractivity contribution in [2.24, 2.45) is 0 Å². The average molecular weight is 328 g/mol. The molecule has 1 N–H and O–H groups in total. The SMILES string of the molecule is C[C@@H](NCc1noc(C2CC2)n1)c1cccc(N2CCOC2=O)c1. The summed E-state index contributed by atoms with van der Waals surface area (Å²) in [7, 11) is 0. The van der Waals surface area contributed by atoms with Crippen molar-refractivity contribution in [1.29, 1.82) is 0 Å². The second-order valence-electron chi connectivity index (χ2n) is 6.29. The zero-order valence-corrected chi connectivity index (χ0v) is 13.6. The first-order valence-corrected chi connectivity index (χ1v) is 8.31. The molecule has 126 valence electrons. The van der Waals surface area contributed by atoms with Gasteiger partial charge in [0.1, 0.15) is 6.61 Å². The maximum atomic E-state index is 11.7. The highest BCUT2D eigenvalue weighted by Crippen LogP contribution is 2.38. The number of carbonyl (C=O) groups is 1. The fourth-order valence-electron chi connectivity index (χ4n) is 2.79. The molecule has 0 radical (unpaired) electrons. The van der Waals surface area contributed by atoms with Crippen molar-refractivity contribution in [2.45, 2.75) is 38.3 Å². The van der Waals surface area contributed by atoms with Crippen LogP contribution in [0.25, 0.3) is 0 Å². The van der Waals surface area contributed by atoms with Gasteiger partial charge < -0.3 is 14.6 Å². The molecule has 0 unspecified atom stereocenters. The van der Waals surface area contributed by atoms with Gasteiger partial charge in [0.2, 0.25) is 5.89 Å². The Morgan fingerprint density at radius 2 is 2.29 bits per heavy atom. The molecule has 1 aliphatic heterocycles. The Morgan fingerprint density at radius 1 is 1.42 bits per heavy atom. The van der Waals surface area contributed by atoms with Crippen molar-refractivity contribution in [1.82, 2.24) is 15.5 Å². The molecule has 2 heterocycles. The third-order valence-electron chi connectivity index (χ3n) is 4.42. The molecule has 4 rings (SSSR count). The van der Waals surface area contributed by atoms with Gasteiger partial charge in [-0.25, -0.2) is 4.79 Å². The van der Waals surface area contributed by atoms with E-state index < -0.39 is 0 Å². The Kier molecular flexibility index (Phi) is 3.93. The standard InChI is InChI=1S/C17H20N4O3/c1-11(18-10-15-19-16(24-20-15)12-5-6-12)13-3-2-4-14(9-13)21-7-8-23-17(21)22/h2-4,9,11-12,18H,5-8,10H2,1H3/t11-/m1/s1. The molecule has 24 heavy (non-hydrogen) atoms. The lowest BCUT2D eigenvalue weighted by atomic mass is 10.1. The number of carbonyl (C=O) groups excluding carboxylic acids is 1. The van der Waals surface area contributed by atoms with E-state index >= 15 is 0 Å². The number of rotatable bonds is 6. The summed E-state index contributed by atoms with van der Waals surface area (Å²) in [6.07, 6.45) is 2.01. The van der Waals surface area contributed by atoms with Crippen LogP contribution in [0, 0.1) is 0 Å². The smallest absolute Gasteiger partial charge is 0.414 e. The van der Waals surface area contributed by atoms with Gasteiger partial charge in [0.15, 0.2) is 5.82 Å². The molecule has 1 atom stereocenters. The molecule has 2 fully saturated rings. The lowest BCUT2D eigenvalue weighted by molar-refractivity contribution is 0.181. The molecule has 1 saturated heterocycles. The van der Waals surface area contributed by atoms with E-state index in [4.69, 9.17) is 9.26 Å². The molecule has 7 heteroatoms. The van der Waals surface area contributed by atoms with E-state index in [9.17, 15) is 4.79 Å². The normalized spacial score (nSPS) is 18.7. The minimum atomic E-state index is -0.285. The van der Waals surface area contributed by atoms with Crippen LogP contribution in [0.15, 0.2) is 28.8 Å². The highest BCUT2D eigenvalue weighted by Gasteiger charge is 2.29. The second kappa shape index (κ2) is 6.24. The molecule has 1 aromatic heterocycles. The van der Waals surface area contributed by atoms with Gasteiger partial charge in [0.05, 0.1) is 13.1 Å². The molecular weight excluding hydrogens is 308 g/mol. The van der Waals surface area contributed by atoms with E-state index in [0.29, 0.717) is 31.4 Å². The van der Waals surface area contributed by atoms with E-state index in [1.807, 2.05) is 24.3 Å². The van der Waals surface area contributed by atoms with Crippen LogP contribution in [0.2, 0.25) is 0 Å². The van der Waals surface area contributed by atoms with Gasteiger partial charge in [-0.15, -0.1) is 0 Å². The number of ether oxygens (including phenoxy) is 1. The van der Waals surface area contributed by atoms with Gasteiger partial charge in [0.25, 0.3) is 0 Å². The van der Waals surface area contributed by atoms with Gasteiger partial charge in [-0.05, 0) is 37.5 Å². The molecule has 1 aliphatic carbocycles. The van der Waals surface area contributed by atoms with Crippen LogP contribution in [0.1, 0.15) is 49.0 Å². The largest absolute Gasteiger partial charge is 0.447 e. The van der Waals surface area contributed by atoms with Crippen molar-refractivity contribution < 1.29 is 14.1 Å². The van der Waals surface area contributed by atoms with E-state index in [-0.39, 0.29) is 12.1 Å². The molecule has 1 amide bonds. The van der Waals surface area contributed by atoms with Crippen LogP contribution in [0.3, 0.4) is 0 Å². The summed E-state index contributed by atoms with van der Waals surface area (Å²) in [5, 5.41) is 7.41. The number of hydrogen-bond acceptors (Lipinski definition) is 6. The van der Waals surface area contributed by atoms with Crippen LogP contribution in [0.5, 0.6) is 0 Å². The summed E-state index contributed by atoms with van der Waals surface area (Å²) < 4.78 is 10.3. The number of cyclic esters (lactones) is 1. The zero-order chi connectivity index (χ0) is 16.5. The van der Waals surface area contributed by atoms with Crippen molar-refractivity contribution in [3.05, 3.63) is 41.5 Å². The van der Waals surface area contributed by atoms with Crippen molar-refractivity contribution in [2.75, 3.05) is 18.1 Å². The minimum absolute atomic E-state index is 0.103. The fourth-order valence-corrected chi connectivity index (χ4v) is 2.79. The lowest BCUT2D eigenvalue weighted by Crippen LogP contribution is -2.24. The number of nitrogens with one attached hydrogen (secondary N) is 1. The molecular formula is C17H20N4O3. The minimum Gasteiger partial charge on any atom is -0.447 e. The van der Waals surface area contributed by atoms with Gasteiger partial charge in [-0.3, -0.25) is 4.90 Å². The molecule has 7 nitrogen and oxygen atoms in total. The lowest BCUT2D eigenvalue weighted by Gasteiger charge is -2.17. The number of amides is 1. The zero-order valence-electron chi connectivity index (χ0n) is 13.6. The number of nitrogens with zero attached hydrogens (tertiary/aromatic N) is 3. The van der Waals surface area contributed by atoms with E-state index in [1.165, 1.54) is 0 Å². The second-order valence-corrected chi connectivity index (χ2v) is 6.29. The highest BCUT2D eigenvalue weighted by molar-refractivity contribution is 5.89. The van der Waals surface area contributed by atoms with E-state index in [1.54, 1.807) is 4.90 Å². The van der Waals surface area contributed by atoms with Crippen LogP contribution in [0.4, 0.5) is 10.5 Å². The number of hydrogen-bond donors (Lipinski definition) is 1. The Bertz CT molecular complexity index is 741. The number of anilines is 1. The maximum absolute atomic E-state index is 11.7. The Balaban J connectivity index is 1.40. The van der Waals surface area contributed by atoms with Crippen molar-refractivity contribution >= 4 is 11.8 Å². The van der Waals surface area contributed by atoms with Crippen LogP contribution < -0.4 is 10.2 Å². The van der Waals surface area contributed by atoms with Crippen LogP contribution >= 0.6 is 0 Å². The molecule has 0 bridgehead atoms. The van der Waals surface area contributed by atoms with Crippen LogP contribution in [-0.2, 0) is 11.3 Å². The molecule has 2 aliphatic rings. The quantitative estimate of drug-likeness (QED) is 0.878. The third-order valence-corrected chi connectivity index (χ3v) is 4.42. The molecule has 1 aromatic carbocycles. The monoisotopic (exact) mass is 328 g/mol. The number of aromatic nitrogens is 2. The summed E-state index contributed by atoms with van der Waals surface area (Å²) >= 11 is 0. The van der Waals surface area contributed by atoms with E-state index in [0.717, 1.165) is 30.0 Å². The van der Waals surface area contributed by atoms with Crippen LogP contribution in [-0.4, -0.2) is 29.4 Å². The van der Waals surface area contributed by atoms with Crippen molar-refractivity contribution in [3.8, 4) is 0 Å². The van der Waals surface area contributed by atoms with Crippen molar-refractivity contribution in [3.63, 3.8) is 0 Å². The first-order valence-electron chi connectivity index (χ1n) is 8.31. The fraction of sp³-hybridized carbons (Fsp3) is 0.471.